The van der Waals surface area contributed by atoms with Crippen molar-refractivity contribution in [3.8, 4) is 16.3 Å². The van der Waals surface area contributed by atoms with Crippen LogP contribution in [-0.4, -0.2) is 36.5 Å². The van der Waals surface area contributed by atoms with Crippen LogP contribution in [0.15, 0.2) is 53.9 Å². The third-order valence-electron chi connectivity index (χ3n) is 4.05. The molecule has 0 fully saturated rings. The molecule has 6 heteroatoms. The van der Waals surface area contributed by atoms with Gasteiger partial charge in [-0.3, -0.25) is 9.69 Å². The number of rotatable bonds is 7. The number of likely N-dealkylation sites (N-methyl/N-ethyl adjacent to an activating group) is 1. The van der Waals surface area contributed by atoms with Gasteiger partial charge >= 0.3 is 0 Å². The molecular weight excluding hydrogens is 358 g/mol. The molecule has 2 aromatic carbocycles. The SMILES string of the molecule is COc1cccc(NC(=O)CN(C)Cc2csc(-c3ccc(C)cc3)n2)c1. The van der Waals surface area contributed by atoms with Crippen LogP contribution in [0.3, 0.4) is 0 Å². The number of thiazole rings is 1. The number of methoxy groups -OCH3 is 1. The van der Waals surface area contributed by atoms with E-state index in [-0.39, 0.29) is 12.5 Å². The lowest BCUT2D eigenvalue weighted by molar-refractivity contribution is -0.117. The van der Waals surface area contributed by atoms with E-state index >= 15 is 0 Å². The summed E-state index contributed by atoms with van der Waals surface area (Å²) < 4.78 is 5.17. The number of anilines is 1. The highest BCUT2D eigenvalue weighted by molar-refractivity contribution is 7.13. The predicted molar refractivity (Wildman–Crippen MR) is 110 cm³/mol. The second kappa shape index (κ2) is 8.79. The average Bonchev–Trinajstić information content (AvgIpc) is 3.10. The summed E-state index contributed by atoms with van der Waals surface area (Å²) in [6.07, 6.45) is 0. The highest BCUT2D eigenvalue weighted by Crippen LogP contribution is 2.24. The number of benzene rings is 2. The maximum atomic E-state index is 12.3. The van der Waals surface area contributed by atoms with Gasteiger partial charge < -0.3 is 10.1 Å². The molecule has 0 saturated carbocycles. The zero-order valence-corrected chi connectivity index (χ0v) is 16.5. The number of ether oxygens (including phenoxy) is 1. The number of aromatic nitrogens is 1. The molecule has 1 N–H and O–H groups in total. The molecule has 1 aromatic heterocycles. The van der Waals surface area contributed by atoms with Crippen LogP contribution in [0, 0.1) is 6.92 Å². The fourth-order valence-electron chi connectivity index (χ4n) is 2.69. The lowest BCUT2D eigenvalue weighted by Gasteiger charge is -2.15. The molecule has 27 heavy (non-hydrogen) atoms. The Bertz CT molecular complexity index is 906. The minimum atomic E-state index is -0.0697. The minimum Gasteiger partial charge on any atom is -0.497 e. The van der Waals surface area contributed by atoms with Gasteiger partial charge in [0.25, 0.3) is 0 Å². The Morgan fingerprint density at radius 1 is 1.22 bits per heavy atom. The summed E-state index contributed by atoms with van der Waals surface area (Å²) in [5.74, 6) is 0.645. The minimum absolute atomic E-state index is 0.0697. The molecule has 0 unspecified atom stereocenters. The van der Waals surface area contributed by atoms with Crippen LogP contribution in [0.2, 0.25) is 0 Å². The van der Waals surface area contributed by atoms with Crippen molar-refractivity contribution in [2.45, 2.75) is 13.5 Å². The molecule has 1 heterocycles. The lowest BCUT2D eigenvalue weighted by Crippen LogP contribution is -2.29. The summed E-state index contributed by atoms with van der Waals surface area (Å²) in [7, 11) is 3.52. The van der Waals surface area contributed by atoms with Gasteiger partial charge in [0.15, 0.2) is 0 Å². The zero-order valence-electron chi connectivity index (χ0n) is 15.7. The van der Waals surface area contributed by atoms with Crippen molar-refractivity contribution in [1.29, 1.82) is 0 Å². The van der Waals surface area contributed by atoms with Crippen molar-refractivity contribution in [3.05, 3.63) is 65.2 Å². The van der Waals surface area contributed by atoms with E-state index in [9.17, 15) is 4.79 Å². The summed E-state index contributed by atoms with van der Waals surface area (Å²) in [6.45, 7) is 2.98. The predicted octanol–water partition coefficient (Wildman–Crippen LogP) is 4.20. The number of carbonyl (C=O) groups excluding carboxylic acids is 1. The molecule has 5 nitrogen and oxygen atoms in total. The maximum Gasteiger partial charge on any atom is 0.238 e. The smallest absolute Gasteiger partial charge is 0.238 e. The van der Waals surface area contributed by atoms with Crippen LogP contribution in [0.25, 0.3) is 10.6 Å². The summed E-state index contributed by atoms with van der Waals surface area (Å²) in [5, 5.41) is 5.94. The Morgan fingerprint density at radius 2 is 2.00 bits per heavy atom. The number of hydrogen-bond donors (Lipinski definition) is 1. The molecule has 0 spiro atoms. The van der Waals surface area contributed by atoms with E-state index in [1.165, 1.54) is 5.56 Å². The molecule has 3 rings (SSSR count). The molecule has 3 aromatic rings. The van der Waals surface area contributed by atoms with Crippen molar-refractivity contribution in [2.75, 3.05) is 26.0 Å². The quantitative estimate of drug-likeness (QED) is 0.666. The molecule has 0 saturated heterocycles. The summed E-state index contributed by atoms with van der Waals surface area (Å²) in [6, 6.07) is 15.7. The Balaban J connectivity index is 1.55. The Labute approximate surface area is 163 Å². The summed E-state index contributed by atoms with van der Waals surface area (Å²) in [5.41, 5.74) is 4.04. The fraction of sp³-hybridized carbons (Fsp3) is 0.238. The molecule has 0 aliphatic carbocycles. The van der Waals surface area contributed by atoms with Gasteiger partial charge in [-0.05, 0) is 26.1 Å². The molecule has 0 bridgehead atoms. The first kappa shape index (κ1) is 19.1. The number of nitrogens with one attached hydrogen (secondary N) is 1. The van der Waals surface area contributed by atoms with Gasteiger partial charge in [-0.1, -0.05) is 35.9 Å². The van der Waals surface area contributed by atoms with E-state index in [0.717, 1.165) is 22.0 Å². The van der Waals surface area contributed by atoms with Gasteiger partial charge in [-0.15, -0.1) is 11.3 Å². The number of carbonyl (C=O) groups is 1. The summed E-state index contributed by atoms with van der Waals surface area (Å²) in [4.78, 5) is 18.9. The largest absolute Gasteiger partial charge is 0.497 e. The second-order valence-electron chi connectivity index (χ2n) is 6.46. The van der Waals surface area contributed by atoms with Crippen LogP contribution in [0.1, 0.15) is 11.3 Å². The highest BCUT2D eigenvalue weighted by Gasteiger charge is 2.11. The Morgan fingerprint density at radius 3 is 2.74 bits per heavy atom. The molecular formula is C21H23N3O2S. The van der Waals surface area contributed by atoms with E-state index in [2.05, 4.69) is 36.5 Å². The van der Waals surface area contributed by atoms with Gasteiger partial charge in [-0.25, -0.2) is 4.98 Å². The zero-order chi connectivity index (χ0) is 19.2. The third kappa shape index (κ3) is 5.39. The standard InChI is InChI=1S/C21H23N3O2S/c1-15-7-9-16(10-8-15)21-23-18(14-27-21)12-24(2)13-20(25)22-17-5-4-6-19(11-17)26-3/h4-11,14H,12-13H2,1-3H3,(H,22,25). The molecule has 0 aliphatic rings. The average molecular weight is 382 g/mol. The highest BCUT2D eigenvalue weighted by atomic mass is 32.1. The molecule has 140 valence electrons. The van der Waals surface area contributed by atoms with Crippen LogP contribution < -0.4 is 10.1 Å². The van der Waals surface area contributed by atoms with Gasteiger partial charge in [0.1, 0.15) is 10.8 Å². The first-order valence-corrected chi connectivity index (χ1v) is 9.55. The Hall–Kier alpha value is -2.70. The Kier molecular flexibility index (Phi) is 6.21. The van der Waals surface area contributed by atoms with Crippen LogP contribution in [-0.2, 0) is 11.3 Å². The van der Waals surface area contributed by atoms with E-state index in [1.54, 1.807) is 24.5 Å². The third-order valence-corrected chi connectivity index (χ3v) is 4.99. The number of nitrogens with zero attached hydrogens (tertiary/aromatic N) is 2. The van der Waals surface area contributed by atoms with E-state index in [1.807, 2.05) is 35.5 Å². The van der Waals surface area contributed by atoms with Crippen LogP contribution >= 0.6 is 11.3 Å². The second-order valence-corrected chi connectivity index (χ2v) is 7.32. The van der Waals surface area contributed by atoms with Gasteiger partial charge in [0.05, 0.1) is 19.3 Å². The molecule has 0 aliphatic heterocycles. The van der Waals surface area contributed by atoms with Crippen LogP contribution in [0.5, 0.6) is 5.75 Å². The molecule has 0 radical (unpaired) electrons. The topological polar surface area (TPSA) is 54.5 Å². The number of amides is 1. The first-order chi connectivity index (χ1) is 13.0. The fourth-order valence-corrected chi connectivity index (χ4v) is 3.50. The number of hydrogen-bond acceptors (Lipinski definition) is 5. The van der Waals surface area contributed by atoms with Crippen molar-refractivity contribution >= 4 is 22.9 Å². The van der Waals surface area contributed by atoms with Crippen molar-refractivity contribution in [1.82, 2.24) is 9.88 Å². The van der Waals surface area contributed by atoms with Gasteiger partial charge in [0, 0.05) is 29.2 Å². The van der Waals surface area contributed by atoms with Crippen molar-refractivity contribution in [3.63, 3.8) is 0 Å². The van der Waals surface area contributed by atoms with Crippen LogP contribution in [0.4, 0.5) is 5.69 Å². The van der Waals surface area contributed by atoms with E-state index in [4.69, 9.17) is 9.72 Å². The van der Waals surface area contributed by atoms with E-state index < -0.39 is 0 Å². The normalized spacial score (nSPS) is 10.8. The molecule has 0 atom stereocenters. The molecule has 1 amide bonds. The van der Waals surface area contributed by atoms with Crippen molar-refractivity contribution in [2.24, 2.45) is 0 Å². The van der Waals surface area contributed by atoms with Gasteiger partial charge in [-0.2, -0.15) is 0 Å². The van der Waals surface area contributed by atoms with Gasteiger partial charge in [0.2, 0.25) is 5.91 Å². The lowest BCUT2D eigenvalue weighted by atomic mass is 10.2. The van der Waals surface area contributed by atoms with Crippen molar-refractivity contribution < 1.29 is 9.53 Å². The first-order valence-electron chi connectivity index (χ1n) is 8.67. The number of aryl methyl sites for hydroxylation is 1. The summed E-state index contributed by atoms with van der Waals surface area (Å²) >= 11 is 1.62. The maximum absolute atomic E-state index is 12.3. The van der Waals surface area contributed by atoms with E-state index in [0.29, 0.717) is 12.3 Å². The monoisotopic (exact) mass is 381 g/mol.